The number of hydrogen-bond acceptors (Lipinski definition) is 4. The summed E-state index contributed by atoms with van der Waals surface area (Å²) < 4.78 is 2.52. The van der Waals surface area contributed by atoms with E-state index in [2.05, 4.69) is 200 Å². The van der Waals surface area contributed by atoms with E-state index in [-0.39, 0.29) is 0 Å². The highest BCUT2D eigenvalue weighted by Crippen LogP contribution is 2.56. The maximum Gasteiger partial charge on any atom is 0.164 e. The van der Waals surface area contributed by atoms with Crippen LogP contribution in [0.5, 0.6) is 0 Å². The largest absolute Gasteiger partial charge is 0.208 e. The van der Waals surface area contributed by atoms with Crippen molar-refractivity contribution in [1.82, 2.24) is 15.0 Å². The zero-order valence-corrected chi connectivity index (χ0v) is 34.4. The molecule has 2 aromatic heterocycles. The second kappa shape index (κ2) is 14.7. The summed E-state index contributed by atoms with van der Waals surface area (Å²) >= 11 is 1.85. The summed E-state index contributed by atoms with van der Waals surface area (Å²) in [4.78, 5) is 15.5. The third-order valence-electron chi connectivity index (χ3n) is 12.4. The van der Waals surface area contributed by atoms with Gasteiger partial charge in [0.05, 0.1) is 5.41 Å². The molecule has 0 aliphatic heterocycles. The normalized spacial score (nSPS) is 12.6. The van der Waals surface area contributed by atoms with E-state index in [1.165, 1.54) is 53.6 Å². The molecule has 0 bridgehead atoms. The molecule has 1 aliphatic rings. The number of rotatable bonds is 7. The minimum Gasteiger partial charge on any atom is -0.208 e. The van der Waals surface area contributed by atoms with Crippen molar-refractivity contribution in [3.8, 4) is 67.5 Å². The molecule has 12 rings (SSSR count). The molecular formula is C58H37N3S. The van der Waals surface area contributed by atoms with E-state index in [0.717, 1.165) is 38.9 Å². The Kier molecular flexibility index (Phi) is 8.58. The Morgan fingerprint density at radius 2 is 0.790 bits per heavy atom. The van der Waals surface area contributed by atoms with Crippen LogP contribution in [0.4, 0.5) is 0 Å². The highest BCUT2D eigenvalue weighted by molar-refractivity contribution is 7.25. The summed E-state index contributed by atoms with van der Waals surface area (Å²) in [5.41, 5.74) is 14.6. The molecule has 1 aliphatic carbocycles. The lowest BCUT2D eigenvalue weighted by atomic mass is 9.67. The van der Waals surface area contributed by atoms with Crippen molar-refractivity contribution in [3.63, 3.8) is 0 Å². The van der Waals surface area contributed by atoms with Crippen LogP contribution in [-0.2, 0) is 5.41 Å². The summed E-state index contributed by atoms with van der Waals surface area (Å²) in [5, 5.41) is 2.49. The molecule has 0 atom stereocenters. The fourth-order valence-corrected chi connectivity index (χ4v) is 10.7. The molecule has 0 saturated carbocycles. The van der Waals surface area contributed by atoms with Crippen molar-refractivity contribution in [3.05, 3.63) is 247 Å². The van der Waals surface area contributed by atoms with Gasteiger partial charge in [0.25, 0.3) is 0 Å². The quantitative estimate of drug-likeness (QED) is 0.161. The van der Waals surface area contributed by atoms with Crippen LogP contribution in [0.2, 0.25) is 0 Å². The predicted octanol–water partition coefficient (Wildman–Crippen LogP) is 14.9. The smallest absolute Gasteiger partial charge is 0.164 e. The molecule has 9 aromatic carbocycles. The van der Waals surface area contributed by atoms with Gasteiger partial charge in [0.15, 0.2) is 17.5 Å². The number of hydrogen-bond donors (Lipinski definition) is 0. The van der Waals surface area contributed by atoms with Crippen LogP contribution in [0, 0.1) is 0 Å². The maximum absolute atomic E-state index is 5.23. The molecule has 62 heavy (non-hydrogen) atoms. The Bertz CT molecular complexity index is 3420. The van der Waals surface area contributed by atoms with Crippen molar-refractivity contribution >= 4 is 31.5 Å². The van der Waals surface area contributed by atoms with Gasteiger partial charge in [0, 0.05) is 36.9 Å². The zero-order chi connectivity index (χ0) is 41.0. The fourth-order valence-electron chi connectivity index (χ4n) is 9.63. The van der Waals surface area contributed by atoms with Gasteiger partial charge >= 0.3 is 0 Å². The van der Waals surface area contributed by atoms with Crippen molar-refractivity contribution in [2.45, 2.75) is 5.41 Å². The number of nitrogens with zero attached hydrogens (tertiary/aromatic N) is 3. The van der Waals surface area contributed by atoms with E-state index in [4.69, 9.17) is 15.0 Å². The van der Waals surface area contributed by atoms with Gasteiger partial charge in [-0.05, 0) is 86.0 Å². The van der Waals surface area contributed by atoms with E-state index >= 15 is 0 Å². The van der Waals surface area contributed by atoms with Crippen molar-refractivity contribution in [2.75, 3.05) is 0 Å². The molecule has 0 radical (unpaired) electrons. The second-order valence-electron chi connectivity index (χ2n) is 15.9. The zero-order valence-electron chi connectivity index (χ0n) is 33.6. The number of thiophene rings is 1. The van der Waals surface area contributed by atoms with E-state index in [9.17, 15) is 0 Å². The van der Waals surface area contributed by atoms with E-state index in [1.807, 2.05) is 35.6 Å². The molecule has 290 valence electrons. The molecule has 0 unspecified atom stereocenters. The van der Waals surface area contributed by atoms with Crippen LogP contribution in [0.3, 0.4) is 0 Å². The van der Waals surface area contributed by atoms with E-state index in [0.29, 0.717) is 17.5 Å². The van der Waals surface area contributed by atoms with Crippen LogP contribution >= 0.6 is 11.3 Å². The maximum atomic E-state index is 5.23. The third kappa shape index (κ3) is 5.83. The summed E-state index contributed by atoms with van der Waals surface area (Å²) in [7, 11) is 0. The Morgan fingerprint density at radius 1 is 0.290 bits per heavy atom. The first-order chi connectivity index (χ1) is 30.7. The molecular weight excluding hydrogens is 771 g/mol. The van der Waals surface area contributed by atoms with E-state index in [1.54, 1.807) is 0 Å². The molecule has 4 heteroatoms. The third-order valence-corrected chi connectivity index (χ3v) is 13.6. The topological polar surface area (TPSA) is 38.7 Å². The Labute approximate surface area is 364 Å². The Balaban J connectivity index is 1.03. The minimum atomic E-state index is -0.464. The molecule has 0 amide bonds. The van der Waals surface area contributed by atoms with Crippen molar-refractivity contribution in [1.29, 1.82) is 0 Å². The highest BCUT2D eigenvalue weighted by Gasteiger charge is 2.46. The predicted molar refractivity (Wildman–Crippen MR) is 257 cm³/mol. The molecule has 0 N–H and O–H groups in total. The van der Waals surface area contributed by atoms with Crippen LogP contribution in [0.25, 0.3) is 87.7 Å². The average molecular weight is 808 g/mol. The van der Waals surface area contributed by atoms with Gasteiger partial charge < -0.3 is 0 Å². The summed E-state index contributed by atoms with van der Waals surface area (Å²) in [6.45, 7) is 0. The fraction of sp³-hybridized carbons (Fsp3) is 0.0172. The van der Waals surface area contributed by atoms with Crippen LogP contribution in [-0.4, -0.2) is 15.0 Å². The first-order valence-corrected chi connectivity index (χ1v) is 21.8. The standard InChI is InChI=1S/C58H37N3S/c1-4-17-38(18-5-1)40-21-16-22-42(35-40)56-59-55(39-19-6-2-7-20-39)60-57(61-56)48-28-11-10-25-45(48)41-31-33-53-49(36-41)50-37-44(32-34-54(50)62-53)58(43-23-8-3-9-24-43)51-29-14-12-26-46(51)47-27-13-15-30-52(47)58/h1-37H. The van der Waals surface area contributed by atoms with Gasteiger partial charge in [-0.15, -0.1) is 11.3 Å². The van der Waals surface area contributed by atoms with E-state index < -0.39 is 5.41 Å². The molecule has 11 aromatic rings. The Morgan fingerprint density at radius 3 is 1.48 bits per heavy atom. The summed E-state index contributed by atoms with van der Waals surface area (Å²) in [6.07, 6.45) is 0. The van der Waals surface area contributed by atoms with Gasteiger partial charge in [-0.2, -0.15) is 0 Å². The lowest BCUT2D eigenvalue weighted by Crippen LogP contribution is -2.28. The molecule has 3 nitrogen and oxygen atoms in total. The first-order valence-electron chi connectivity index (χ1n) is 21.0. The number of benzene rings is 9. The number of fused-ring (bicyclic) bond motifs is 6. The number of aromatic nitrogens is 3. The molecule has 0 fully saturated rings. The molecule has 2 heterocycles. The van der Waals surface area contributed by atoms with Gasteiger partial charge in [0.1, 0.15) is 0 Å². The van der Waals surface area contributed by atoms with Gasteiger partial charge in [0.2, 0.25) is 0 Å². The highest BCUT2D eigenvalue weighted by atomic mass is 32.1. The lowest BCUT2D eigenvalue weighted by molar-refractivity contribution is 0.770. The Hall–Kier alpha value is -7.79. The van der Waals surface area contributed by atoms with Crippen molar-refractivity contribution in [2.24, 2.45) is 0 Å². The monoisotopic (exact) mass is 807 g/mol. The minimum absolute atomic E-state index is 0.464. The average Bonchev–Trinajstić information content (AvgIpc) is 3.88. The lowest BCUT2D eigenvalue weighted by Gasteiger charge is -2.34. The summed E-state index contributed by atoms with van der Waals surface area (Å²) in [6, 6.07) is 80.6. The first kappa shape index (κ1) is 36.1. The molecule has 0 saturated heterocycles. The van der Waals surface area contributed by atoms with Gasteiger partial charge in [-0.3, -0.25) is 0 Å². The SMILES string of the molecule is c1ccc(-c2cccc(-c3nc(-c4ccccc4)nc(-c4ccccc4-c4ccc5sc6ccc(C7(c8ccccc8)c8ccccc8-c8ccccc87)cc6c5c4)n3)c2)cc1. The second-order valence-corrected chi connectivity index (χ2v) is 17.0. The van der Waals surface area contributed by atoms with Crippen LogP contribution < -0.4 is 0 Å². The molecule has 0 spiro atoms. The van der Waals surface area contributed by atoms with Gasteiger partial charge in [-0.1, -0.05) is 194 Å². The summed E-state index contributed by atoms with van der Waals surface area (Å²) in [5.74, 6) is 1.91. The van der Waals surface area contributed by atoms with Crippen LogP contribution in [0.1, 0.15) is 22.3 Å². The van der Waals surface area contributed by atoms with Crippen molar-refractivity contribution < 1.29 is 0 Å². The van der Waals surface area contributed by atoms with Gasteiger partial charge in [-0.25, -0.2) is 15.0 Å². The van der Waals surface area contributed by atoms with Crippen LogP contribution in [0.15, 0.2) is 224 Å².